The molecule has 1 saturated carbocycles. The monoisotopic (exact) mass is 195 g/mol. The molecule has 3 nitrogen and oxygen atoms in total. The minimum absolute atomic E-state index is 0.0648. The molecule has 0 spiro atoms. The van der Waals surface area contributed by atoms with Gasteiger partial charge < -0.3 is 0 Å². The summed E-state index contributed by atoms with van der Waals surface area (Å²) in [6.07, 6.45) is 3.65. The normalized spacial score (nSPS) is 20.5. The van der Waals surface area contributed by atoms with E-state index >= 15 is 0 Å². The molecular weight excluding hydrogens is 178 g/mol. The molecule has 2 rings (SSSR count). The van der Waals surface area contributed by atoms with Crippen LogP contribution in [0.15, 0.2) is 11.6 Å². The number of hydrogen-bond acceptors (Lipinski definition) is 2. The van der Waals surface area contributed by atoms with Gasteiger partial charge >= 0.3 is 0 Å². The summed E-state index contributed by atoms with van der Waals surface area (Å²) >= 11 is 0. The van der Waals surface area contributed by atoms with Gasteiger partial charge in [0.15, 0.2) is 0 Å². The number of imide groups is 1. The number of hydrogen-bond donors (Lipinski definition) is 0. The third-order valence-corrected chi connectivity index (χ3v) is 2.37. The first-order chi connectivity index (χ1) is 6.74. The van der Waals surface area contributed by atoms with Crippen LogP contribution < -0.4 is 0 Å². The Morgan fingerprint density at radius 1 is 1.36 bits per heavy atom. The molecule has 0 N–H and O–H groups in total. The zero-order valence-electron chi connectivity index (χ0n) is 9.04. The van der Waals surface area contributed by atoms with Crippen LogP contribution >= 0.6 is 0 Å². The number of amides is 2. The quantitative estimate of drug-likeness (QED) is 0.629. The summed E-state index contributed by atoms with van der Waals surface area (Å²) in [4.78, 5) is 24.0. The van der Waals surface area contributed by atoms with Crippen LogP contribution in [-0.2, 0) is 9.59 Å². The SMILES string of the molecule is CC.CCN1C(=O)C=C(C2CC2)C1=O. The maximum absolute atomic E-state index is 11.5. The molecule has 2 aliphatic rings. The Bertz CT molecular complexity index is 277. The average Bonchev–Trinajstić information content (AvgIpc) is 2.98. The minimum atomic E-state index is -0.135. The van der Waals surface area contributed by atoms with Crippen molar-refractivity contribution in [1.82, 2.24) is 4.90 Å². The second-order valence-electron chi connectivity index (χ2n) is 3.26. The molecule has 1 aliphatic heterocycles. The molecule has 14 heavy (non-hydrogen) atoms. The molecule has 0 aromatic carbocycles. The van der Waals surface area contributed by atoms with Gasteiger partial charge in [0.1, 0.15) is 0 Å². The highest BCUT2D eigenvalue weighted by Gasteiger charge is 2.38. The van der Waals surface area contributed by atoms with Crippen molar-refractivity contribution >= 4 is 11.8 Å². The third kappa shape index (κ3) is 1.86. The average molecular weight is 195 g/mol. The van der Waals surface area contributed by atoms with Crippen LogP contribution in [0.4, 0.5) is 0 Å². The Hall–Kier alpha value is -1.12. The zero-order chi connectivity index (χ0) is 10.7. The van der Waals surface area contributed by atoms with Crippen molar-refractivity contribution in [1.29, 1.82) is 0 Å². The Kier molecular flexibility index (Phi) is 3.44. The predicted octanol–water partition coefficient (Wildman–Crippen LogP) is 1.74. The molecular formula is C11H17NO2. The van der Waals surface area contributed by atoms with Gasteiger partial charge in [0, 0.05) is 18.2 Å². The number of nitrogens with zero attached hydrogens (tertiary/aromatic N) is 1. The smallest absolute Gasteiger partial charge is 0.257 e. The maximum Gasteiger partial charge on any atom is 0.257 e. The number of rotatable bonds is 2. The van der Waals surface area contributed by atoms with Crippen LogP contribution in [0.1, 0.15) is 33.6 Å². The Morgan fingerprint density at radius 3 is 2.29 bits per heavy atom. The first-order valence-corrected chi connectivity index (χ1v) is 5.31. The Morgan fingerprint density at radius 2 is 1.93 bits per heavy atom. The summed E-state index contributed by atoms with van der Waals surface area (Å²) in [6.45, 7) is 6.31. The van der Waals surface area contributed by atoms with Crippen LogP contribution in [0.5, 0.6) is 0 Å². The van der Waals surface area contributed by atoms with E-state index in [1.165, 1.54) is 11.0 Å². The lowest BCUT2D eigenvalue weighted by atomic mass is 10.2. The van der Waals surface area contributed by atoms with E-state index in [-0.39, 0.29) is 11.8 Å². The molecule has 0 bridgehead atoms. The third-order valence-electron chi connectivity index (χ3n) is 2.37. The topological polar surface area (TPSA) is 37.4 Å². The summed E-state index contributed by atoms with van der Waals surface area (Å²) in [5.74, 6) is 0.187. The van der Waals surface area contributed by atoms with E-state index in [0.717, 1.165) is 18.4 Å². The Labute approximate surface area is 84.8 Å². The zero-order valence-corrected chi connectivity index (χ0v) is 9.04. The van der Waals surface area contributed by atoms with Crippen molar-refractivity contribution in [3.63, 3.8) is 0 Å². The summed E-state index contributed by atoms with van der Waals surface area (Å²) < 4.78 is 0. The van der Waals surface area contributed by atoms with Gasteiger partial charge in [0.05, 0.1) is 0 Å². The van der Waals surface area contributed by atoms with E-state index in [2.05, 4.69) is 0 Å². The molecule has 1 heterocycles. The fourth-order valence-corrected chi connectivity index (χ4v) is 1.51. The summed E-state index contributed by atoms with van der Waals surface area (Å²) in [6, 6.07) is 0. The molecule has 2 amide bonds. The van der Waals surface area contributed by atoms with Crippen molar-refractivity contribution in [2.24, 2.45) is 5.92 Å². The standard InChI is InChI=1S/C9H11NO2.C2H6/c1-2-10-8(11)5-7(9(10)12)6-3-4-6;1-2/h5-6H,2-4H2,1H3;1-2H3. The lowest BCUT2D eigenvalue weighted by molar-refractivity contribution is -0.137. The van der Waals surface area contributed by atoms with Gasteiger partial charge in [-0.05, 0) is 25.7 Å². The second kappa shape index (κ2) is 4.40. The number of carbonyl (C=O) groups is 2. The van der Waals surface area contributed by atoms with Crippen LogP contribution in [-0.4, -0.2) is 23.3 Å². The highest BCUT2D eigenvalue weighted by molar-refractivity contribution is 6.16. The number of carbonyl (C=O) groups excluding carboxylic acids is 2. The second-order valence-corrected chi connectivity index (χ2v) is 3.26. The van der Waals surface area contributed by atoms with Gasteiger partial charge in [-0.2, -0.15) is 0 Å². The van der Waals surface area contributed by atoms with Gasteiger partial charge in [0.2, 0.25) is 0 Å². The molecule has 0 aromatic rings. The molecule has 1 aliphatic carbocycles. The summed E-state index contributed by atoms with van der Waals surface area (Å²) in [5, 5.41) is 0. The lowest BCUT2D eigenvalue weighted by Crippen LogP contribution is -2.30. The Balaban J connectivity index is 0.000000461. The molecule has 3 heteroatoms. The van der Waals surface area contributed by atoms with Gasteiger partial charge in [-0.25, -0.2) is 0 Å². The predicted molar refractivity (Wildman–Crippen MR) is 54.5 cm³/mol. The van der Waals surface area contributed by atoms with E-state index in [9.17, 15) is 9.59 Å². The summed E-state index contributed by atoms with van der Waals surface area (Å²) in [5.41, 5.74) is 0.738. The molecule has 0 aromatic heterocycles. The van der Waals surface area contributed by atoms with Crippen molar-refractivity contribution in [2.45, 2.75) is 33.6 Å². The van der Waals surface area contributed by atoms with Crippen LogP contribution in [0.3, 0.4) is 0 Å². The fourth-order valence-electron chi connectivity index (χ4n) is 1.51. The van der Waals surface area contributed by atoms with E-state index in [1.807, 2.05) is 20.8 Å². The van der Waals surface area contributed by atoms with Crippen molar-refractivity contribution in [2.75, 3.05) is 6.54 Å². The van der Waals surface area contributed by atoms with Crippen molar-refractivity contribution < 1.29 is 9.59 Å². The largest absolute Gasteiger partial charge is 0.275 e. The first kappa shape index (κ1) is 11.0. The fraction of sp³-hybridized carbons (Fsp3) is 0.636. The molecule has 0 radical (unpaired) electrons. The van der Waals surface area contributed by atoms with E-state index < -0.39 is 0 Å². The number of likely N-dealkylation sites (N-methyl/N-ethyl adjacent to an activating group) is 1. The highest BCUT2D eigenvalue weighted by atomic mass is 16.2. The molecule has 78 valence electrons. The van der Waals surface area contributed by atoms with Gasteiger partial charge in [0.25, 0.3) is 11.8 Å². The van der Waals surface area contributed by atoms with Crippen molar-refractivity contribution in [3.05, 3.63) is 11.6 Å². The van der Waals surface area contributed by atoms with E-state index in [0.29, 0.717) is 12.5 Å². The summed E-state index contributed by atoms with van der Waals surface area (Å²) in [7, 11) is 0. The van der Waals surface area contributed by atoms with E-state index in [1.54, 1.807) is 0 Å². The van der Waals surface area contributed by atoms with Crippen LogP contribution in [0.2, 0.25) is 0 Å². The molecule has 0 unspecified atom stereocenters. The van der Waals surface area contributed by atoms with Gasteiger partial charge in [-0.15, -0.1) is 0 Å². The van der Waals surface area contributed by atoms with Crippen molar-refractivity contribution in [3.8, 4) is 0 Å². The molecule has 0 atom stereocenters. The molecule has 0 saturated heterocycles. The van der Waals surface area contributed by atoms with Crippen LogP contribution in [0, 0.1) is 5.92 Å². The highest BCUT2D eigenvalue weighted by Crippen LogP contribution is 2.39. The van der Waals surface area contributed by atoms with Gasteiger partial charge in [-0.1, -0.05) is 13.8 Å². The van der Waals surface area contributed by atoms with Crippen LogP contribution in [0.25, 0.3) is 0 Å². The molecule has 1 fully saturated rings. The lowest BCUT2D eigenvalue weighted by Gasteiger charge is -2.10. The first-order valence-electron chi connectivity index (χ1n) is 5.31. The minimum Gasteiger partial charge on any atom is -0.275 e. The van der Waals surface area contributed by atoms with Gasteiger partial charge in [-0.3, -0.25) is 14.5 Å². The maximum atomic E-state index is 11.5. The van der Waals surface area contributed by atoms with E-state index in [4.69, 9.17) is 0 Å².